The third kappa shape index (κ3) is 5.41. The van der Waals surface area contributed by atoms with Crippen molar-refractivity contribution < 1.29 is 0 Å². The second-order valence-corrected chi connectivity index (χ2v) is 4.16. The maximum absolute atomic E-state index is 2.29. The van der Waals surface area contributed by atoms with Crippen LogP contribution in [0.2, 0.25) is 0 Å². The fourth-order valence-electron chi connectivity index (χ4n) is 1.59. The van der Waals surface area contributed by atoms with Gasteiger partial charge in [-0.1, -0.05) is 68.2 Å². The molecule has 0 nitrogen and oxygen atoms in total. The van der Waals surface area contributed by atoms with Crippen LogP contribution >= 0.6 is 0 Å². The molecular weight excluding hydrogens is 180 g/mol. The maximum atomic E-state index is 2.29. The topological polar surface area (TPSA) is 0 Å². The second kappa shape index (κ2) is 7.28. The zero-order valence-corrected chi connectivity index (χ0v) is 10.00. The maximum Gasteiger partial charge on any atom is -0.0260 e. The molecule has 1 rings (SSSR count). The van der Waals surface area contributed by atoms with Crippen LogP contribution in [-0.2, 0) is 0 Å². The predicted octanol–water partition coefficient (Wildman–Crippen LogP) is 4.98. The lowest BCUT2D eigenvalue weighted by atomic mass is 10.1. The number of hydrogen-bond donors (Lipinski definition) is 0. The number of allylic oxidation sites excluding steroid dienone is 1. The minimum atomic E-state index is 1.22. The fourth-order valence-corrected chi connectivity index (χ4v) is 1.59. The van der Waals surface area contributed by atoms with Crippen molar-refractivity contribution in [3.63, 3.8) is 0 Å². The first-order valence-electron chi connectivity index (χ1n) is 6.06. The highest BCUT2D eigenvalue weighted by Crippen LogP contribution is 2.08. The van der Waals surface area contributed by atoms with Crippen LogP contribution in [0.15, 0.2) is 30.3 Å². The molecule has 0 saturated carbocycles. The molecule has 0 radical (unpaired) electrons. The van der Waals surface area contributed by atoms with Gasteiger partial charge in [-0.05, 0) is 25.3 Å². The van der Waals surface area contributed by atoms with Gasteiger partial charge in [-0.15, -0.1) is 0 Å². The Kier molecular flexibility index (Phi) is 5.84. The van der Waals surface area contributed by atoms with Gasteiger partial charge in [0.2, 0.25) is 0 Å². The van der Waals surface area contributed by atoms with Gasteiger partial charge in [-0.25, -0.2) is 0 Å². The van der Waals surface area contributed by atoms with Gasteiger partial charge in [0.15, 0.2) is 0 Å². The molecule has 0 heterocycles. The molecule has 1 aromatic rings. The highest BCUT2D eigenvalue weighted by atomic mass is 13.9. The SMILES string of the molecule is CCCCCC/C=C/c1ccc(C)cc1. The van der Waals surface area contributed by atoms with Crippen LogP contribution in [0.4, 0.5) is 0 Å². The van der Waals surface area contributed by atoms with Crippen molar-refractivity contribution >= 4 is 6.08 Å². The standard InChI is InChI=1S/C15H22/c1-3-4-5-6-7-8-9-15-12-10-14(2)11-13-15/h8-13H,3-7H2,1-2H3/b9-8+. The van der Waals surface area contributed by atoms with E-state index in [4.69, 9.17) is 0 Å². The quantitative estimate of drug-likeness (QED) is 0.571. The van der Waals surface area contributed by atoms with Crippen LogP contribution < -0.4 is 0 Å². The Morgan fingerprint density at radius 2 is 1.73 bits per heavy atom. The molecule has 0 aliphatic rings. The van der Waals surface area contributed by atoms with Crippen molar-refractivity contribution in [1.29, 1.82) is 0 Å². The highest BCUT2D eigenvalue weighted by molar-refractivity contribution is 5.49. The van der Waals surface area contributed by atoms with Crippen molar-refractivity contribution in [3.8, 4) is 0 Å². The van der Waals surface area contributed by atoms with Crippen LogP contribution in [0.1, 0.15) is 50.2 Å². The monoisotopic (exact) mass is 202 g/mol. The summed E-state index contributed by atoms with van der Waals surface area (Å²) in [5, 5.41) is 0. The van der Waals surface area contributed by atoms with Gasteiger partial charge in [-0.3, -0.25) is 0 Å². The molecule has 0 N–H and O–H groups in total. The van der Waals surface area contributed by atoms with E-state index in [1.54, 1.807) is 0 Å². The third-order valence-corrected chi connectivity index (χ3v) is 2.61. The Balaban J connectivity index is 2.23. The second-order valence-electron chi connectivity index (χ2n) is 4.16. The molecule has 0 amide bonds. The van der Waals surface area contributed by atoms with Crippen LogP contribution in [0.25, 0.3) is 6.08 Å². The predicted molar refractivity (Wildman–Crippen MR) is 69.0 cm³/mol. The minimum Gasteiger partial charge on any atom is -0.0839 e. The van der Waals surface area contributed by atoms with Crippen molar-refractivity contribution in [3.05, 3.63) is 41.5 Å². The van der Waals surface area contributed by atoms with Crippen molar-refractivity contribution in [2.75, 3.05) is 0 Å². The van der Waals surface area contributed by atoms with Gasteiger partial charge in [0.1, 0.15) is 0 Å². The number of aryl methyl sites for hydroxylation is 1. The average Bonchev–Trinajstić information content (AvgIpc) is 2.26. The van der Waals surface area contributed by atoms with E-state index < -0.39 is 0 Å². The number of unbranched alkanes of at least 4 members (excludes halogenated alkanes) is 4. The zero-order chi connectivity index (χ0) is 10.9. The van der Waals surface area contributed by atoms with Crippen molar-refractivity contribution in [2.24, 2.45) is 0 Å². The molecule has 0 bridgehead atoms. The summed E-state index contributed by atoms with van der Waals surface area (Å²) in [6.07, 6.45) is 11.1. The molecule has 0 saturated heterocycles. The average molecular weight is 202 g/mol. The molecule has 0 atom stereocenters. The molecule has 0 heteroatoms. The van der Waals surface area contributed by atoms with Gasteiger partial charge in [0, 0.05) is 0 Å². The van der Waals surface area contributed by atoms with Gasteiger partial charge in [-0.2, -0.15) is 0 Å². The van der Waals surface area contributed by atoms with Gasteiger partial charge in [0.25, 0.3) is 0 Å². The van der Waals surface area contributed by atoms with Gasteiger partial charge < -0.3 is 0 Å². The smallest absolute Gasteiger partial charge is 0.0260 e. The fraction of sp³-hybridized carbons (Fsp3) is 0.467. The summed E-state index contributed by atoms with van der Waals surface area (Å²) in [5.41, 5.74) is 2.64. The van der Waals surface area contributed by atoms with E-state index in [2.05, 4.69) is 50.3 Å². The molecule has 15 heavy (non-hydrogen) atoms. The van der Waals surface area contributed by atoms with Crippen LogP contribution in [-0.4, -0.2) is 0 Å². The number of benzene rings is 1. The zero-order valence-electron chi connectivity index (χ0n) is 10.00. The van der Waals surface area contributed by atoms with Gasteiger partial charge in [0.05, 0.1) is 0 Å². The lowest BCUT2D eigenvalue weighted by Gasteiger charge is -1.96. The summed E-state index contributed by atoms with van der Waals surface area (Å²) in [7, 11) is 0. The van der Waals surface area contributed by atoms with E-state index in [1.165, 1.54) is 43.2 Å². The van der Waals surface area contributed by atoms with E-state index in [9.17, 15) is 0 Å². The Bertz CT molecular complexity index is 279. The van der Waals surface area contributed by atoms with Crippen molar-refractivity contribution in [2.45, 2.75) is 46.0 Å². The molecule has 0 aromatic heterocycles. The highest BCUT2D eigenvalue weighted by Gasteiger charge is 1.87. The van der Waals surface area contributed by atoms with Gasteiger partial charge >= 0.3 is 0 Å². The minimum absolute atomic E-state index is 1.22. The first-order chi connectivity index (χ1) is 7.33. The Labute approximate surface area is 94.0 Å². The van der Waals surface area contributed by atoms with Crippen LogP contribution in [0.5, 0.6) is 0 Å². The summed E-state index contributed by atoms with van der Waals surface area (Å²) in [6, 6.07) is 8.68. The Morgan fingerprint density at radius 3 is 2.40 bits per heavy atom. The summed E-state index contributed by atoms with van der Waals surface area (Å²) < 4.78 is 0. The molecular formula is C15H22. The van der Waals surface area contributed by atoms with Crippen LogP contribution in [0.3, 0.4) is 0 Å². The number of rotatable bonds is 6. The molecule has 82 valence electrons. The van der Waals surface area contributed by atoms with E-state index >= 15 is 0 Å². The molecule has 1 aromatic carbocycles. The normalized spacial score (nSPS) is 11.1. The summed E-state index contributed by atoms with van der Waals surface area (Å²) in [5.74, 6) is 0. The lowest BCUT2D eigenvalue weighted by molar-refractivity contribution is 0.675. The number of hydrogen-bond acceptors (Lipinski definition) is 0. The van der Waals surface area contributed by atoms with E-state index in [-0.39, 0.29) is 0 Å². The summed E-state index contributed by atoms with van der Waals surface area (Å²) in [6.45, 7) is 4.38. The van der Waals surface area contributed by atoms with E-state index in [1.807, 2.05) is 0 Å². The lowest BCUT2D eigenvalue weighted by Crippen LogP contribution is -1.75. The molecule has 0 fully saturated rings. The Hall–Kier alpha value is -1.04. The van der Waals surface area contributed by atoms with E-state index in [0.29, 0.717) is 0 Å². The first-order valence-corrected chi connectivity index (χ1v) is 6.06. The molecule has 0 aliphatic carbocycles. The largest absolute Gasteiger partial charge is 0.0839 e. The van der Waals surface area contributed by atoms with Crippen LogP contribution in [0, 0.1) is 6.92 Å². The molecule has 0 spiro atoms. The first kappa shape index (κ1) is 12.0. The summed E-state index contributed by atoms with van der Waals surface area (Å²) >= 11 is 0. The summed E-state index contributed by atoms with van der Waals surface area (Å²) in [4.78, 5) is 0. The molecule has 0 aliphatic heterocycles. The molecule has 0 unspecified atom stereocenters. The Morgan fingerprint density at radius 1 is 1.00 bits per heavy atom. The van der Waals surface area contributed by atoms with E-state index in [0.717, 1.165) is 0 Å². The van der Waals surface area contributed by atoms with Crippen molar-refractivity contribution in [1.82, 2.24) is 0 Å². The third-order valence-electron chi connectivity index (χ3n) is 2.61.